The van der Waals surface area contributed by atoms with Crippen LogP contribution in [0.25, 0.3) is 11.0 Å². The van der Waals surface area contributed by atoms with Crippen LogP contribution < -0.4 is 11.1 Å². The molecule has 1 heterocycles. The highest BCUT2D eigenvalue weighted by Crippen LogP contribution is 2.20. The second-order valence-electron chi connectivity index (χ2n) is 4.38. The van der Waals surface area contributed by atoms with Crippen LogP contribution in [0, 0.1) is 0 Å². The molecule has 1 aliphatic carbocycles. The monoisotopic (exact) mass is 231 g/mol. The van der Waals surface area contributed by atoms with Gasteiger partial charge in [-0.25, -0.2) is 0 Å². The van der Waals surface area contributed by atoms with Gasteiger partial charge < -0.3 is 15.6 Å². The zero-order chi connectivity index (χ0) is 11.8. The molecule has 2 unspecified atom stereocenters. The van der Waals surface area contributed by atoms with Crippen molar-refractivity contribution in [1.82, 2.24) is 10.5 Å². The van der Waals surface area contributed by atoms with Crippen LogP contribution in [0.2, 0.25) is 0 Å². The van der Waals surface area contributed by atoms with E-state index >= 15 is 0 Å². The van der Waals surface area contributed by atoms with Gasteiger partial charge in [0.25, 0.3) is 0 Å². The summed E-state index contributed by atoms with van der Waals surface area (Å²) in [6.45, 7) is 0. The molecule has 5 heteroatoms. The lowest BCUT2D eigenvalue weighted by molar-refractivity contribution is -0.120. The fourth-order valence-corrected chi connectivity index (χ4v) is 1.86. The van der Waals surface area contributed by atoms with Crippen molar-refractivity contribution in [2.45, 2.75) is 24.9 Å². The van der Waals surface area contributed by atoms with Gasteiger partial charge in [0, 0.05) is 17.5 Å². The third-order valence-electron chi connectivity index (χ3n) is 2.97. The van der Waals surface area contributed by atoms with E-state index in [-0.39, 0.29) is 24.4 Å². The maximum absolute atomic E-state index is 11.7. The third kappa shape index (κ3) is 2.01. The number of aromatic nitrogens is 1. The minimum atomic E-state index is -0.0537. The van der Waals surface area contributed by atoms with Gasteiger partial charge in [-0.05, 0) is 18.6 Å². The molecule has 17 heavy (non-hydrogen) atoms. The van der Waals surface area contributed by atoms with Crippen LogP contribution in [-0.2, 0) is 11.2 Å². The number of carbonyl (C=O) groups excluding carboxylic acids is 1. The van der Waals surface area contributed by atoms with E-state index in [1.807, 2.05) is 24.3 Å². The van der Waals surface area contributed by atoms with Gasteiger partial charge in [0.15, 0.2) is 5.58 Å². The molecule has 1 aliphatic rings. The van der Waals surface area contributed by atoms with Crippen molar-refractivity contribution in [3.8, 4) is 0 Å². The first-order valence-corrected chi connectivity index (χ1v) is 5.62. The molecule has 0 aliphatic heterocycles. The second kappa shape index (κ2) is 3.85. The number of nitrogens with one attached hydrogen (secondary N) is 1. The molecule has 1 aromatic carbocycles. The lowest BCUT2D eigenvalue weighted by Crippen LogP contribution is -2.30. The predicted molar refractivity (Wildman–Crippen MR) is 62.2 cm³/mol. The molecule has 88 valence electrons. The van der Waals surface area contributed by atoms with Gasteiger partial charge >= 0.3 is 0 Å². The number of rotatable bonds is 3. The predicted octanol–water partition coefficient (Wildman–Crippen LogP) is 0.586. The molecule has 0 radical (unpaired) electrons. The van der Waals surface area contributed by atoms with Crippen molar-refractivity contribution in [2.75, 3.05) is 0 Å². The van der Waals surface area contributed by atoms with Crippen LogP contribution in [-0.4, -0.2) is 23.1 Å². The van der Waals surface area contributed by atoms with Crippen LogP contribution in [0.3, 0.4) is 0 Å². The molecule has 3 rings (SSSR count). The lowest BCUT2D eigenvalue weighted by atomic mass is 10.1. The van der Waals surface area contributed by atoms with Crippen molar-refractivity contribution in [3.05, 3.63) is 30.0 Å². The zero-order valence-electron chi connectivity index (χ0n) is 9.22. The van der Waals surface area contributed by atoms with Gasteiger partial charge in [-0.2, -0.15) is 0 Å². The van der Waals surface area contributed by atoms with Gasteiger partial charge in [0.2, 0.25) is 5.91 Å². The molecule has 3 N–H and O–H groups in total. The van der Waals surface area contributed by atoms with Crippen molar-refractivity contribution in [3.63, 3.8) is 0 Å². The number of hydrogen-bond acceptors (Lipinski definition) is 4. The highest BCUT2D eigenvalue weighted by Gasteiger charge is 2.34. The Morgan fingerprint density at radius 3 is 3.06 bits per heavy atom. The highest BCUT2D eigenvalue weighted by molar-refractivity contribution is 5.86. The zero-order valence-corrected chi connectivity index (χ0v) is 9.22. The van der Waals surface area contributed by atoms with Gasteiger partial charge in [0.1, 0.15) is 5.69 Å². The molecule has 0 bridgehead atoms. The summed E-state index contributed by atoms with van der Waals surface area (Å²) in [5.74, 6) is -0.0537. The van der Waals surface area contributed by atoms with E-state index in [4.69, 9.17) is 10.3 Å². The first-order chi connectivity index (χ1) is 8.24. The average molecular weight is 231 g/mol. The topological polar surface area (TPSA) is 81.1 Å². The summed E-state index contributed by atoms with van der Waals surface area (Å²) in [5.41, 5.74) is 7.01. The molecular weight excluding hydrogens is 218 g/mol. The Morgan fingerprint density at radius 1 is 1.53 bits per heavy atom. The molecular formula is C12H13N3O2. The second-order valence-corrected chi connectivity index (χ2v) is 4.38. The number of benzene rings is 1. The standard InChI is InChI=1S/C12H13N3O2/c13-8-5-10(8)14-12(16)6-9-7-3-1-2-4-11(7)17-15-9/h1-4,8,10H,5-6,13H2,(H,14,16). The van der Waals surface area contributed by atoms with Crippen molar-refractivity contribution >= 4 is 16.9 Å². The van der Waals surface area contributed by atoms with Crippen molar-refractivity contribution in [1.29, 1.82) is 0 Å². The lowest BCUT2D eigenvalue weighted by Gasteiger charge is -2.01. The van der Waals surface area contributed by atoms with Crippen LogP contribution in [0.5, 0.6) is 0 Å². The summed E-state index contributed by atoms with van der Waals surface area (Å²) < 4.78 is 5.14. The minimum absolute atomic E-state index is 0.0537. The normalized spacial score (nSPS) is 22.6. The highest BCUT2D eigenvalue weighted by atomic mass is 16.5. The van der Waals surface area contributed by atoms with E-state index in [2.05, 4.69) is 10.5 Å². The molecule has 1 fully saturated rings. The van der Waals surface area contributed by atoms with Crippen LogP contribution >= 0.6 is 0 Å². The van der Waals surface area contributed by atoms with E-state index in [1.54, 1.807) is 0 Å². The quantitative estimate of drug-likeness (QED) is 0.810. The number of para-hydroxylation sites is 1. The van der Waals surface area contributed by atoms with Crippen LogP contribution in [0.4, 0.5) is 0 Å². The SMILES string of the molecule is NC1CC1NC(=O)Cc1noc2ccccc12. The fraction of sp³-hybridized carbons (Fsp3) is 0.333. The first kappa shape index (κ1) is 10.3. The Labute approximate surface area is 97.9 Å². The van der Waals surface area contributed by atoms with Gasteiger partial charge in [-0.1, -0.05) is 17.3 Å². The third-order valence-corrected chi connectivity index (χ3v) is 2.97. The van der Waals surface area contributed by atoms with Crippen LogP contribution in [0.1, 0.15) is 12.1 Å². The Kier molecular flexibility index (Phi) is 2.33. The summed E-state index contributed by atoms with van der Waals surface area (Å²) in [4.78, 5) is 11.7. The Bertz CT molecular complexity index is 564. The molecule has 5 nitrogen and oxygen atoms in total. The fourth-order valence-electron chi connectivity index (χ4n) is 1.86. The Morgan fingerprint density at radius 2 is 2.29 bits per heavy atom. The molecule has 2 aromatic rings. The summed E-state index contributed by atoms with van der Waals surface area (Å²) in [6, 6.07) is 7.77. The summed E-state index contributed by atoms with van der Waals surface area (Å²) in [6.07, 6.45) is 1.10. The summed E-state index contributed by atoms with van der Waals surface area (Å²) >= 11 is 0. The van der Waals surface area contributed by atoms with Gasteiger partial charge in [-0.3, -0.25) is 4.79 Å². The molecule has 0 saturated heterocycles. The largest absolute Gasteiger partial charge is 0.356 e. The number of amides is 1. The van der Waals surface area contributed by atoms with Crippen molar-refractivity contribution in [2.24, 2.45) is 5.73 Å². The van der Waals surface area contributed by atoms with Crippen molar-refractivity contribution < 1.29 is 9.32 Å². The van der Waals surface area contributed by atoms with E-state index in [0.717, 1.165) is 11.8 Å². The maximum Gasteiger partial charge on any atom is 0.226 e. The van der Waals surface area contributed by atoms with E-state index in [0.29, 0.717) is 11.3 Å². The van der Waals surface area contributed by atoms with Gasteiger partial charge in [0.05, 0.1) is 6.42 Å². The molecule has 1 amide bonds. The van der Waals surface area contributed by atoms with Crippen LogP contribution in [0.15, 0.2) is 28.8 Å². The Balaban J connectivity index is 1.73. The average Bonchev–Trinajstić information content (AvgIpc) is 2.86. The summed E-state index contributed by atoms with van der Waals surface area (Å²) in [5, 5.41) is 7.67. The number of nitrogens with zero attached hydrogens (tertiary/aromatic N) is 1. The minimum Gasteiger partial charge on any atom is -0.356 e. The number of fused-ring (bicyclic) bond motifs is 1. The first-order valence-electron chi connectivity index (χ1n) is 5.62. The number of nitrogens with two attached hydrogens (primary N) is 1. The number of hydrogen-bond donors (Lipinski definition) is 2. The van der Waals surface area contributed by atoms with E-state index in [9.17, 15) is 4.79 Å². The molecule has 1 aromatic heterocycles. The number of carbonyl (C=O) groups is 1. The maximum atomic E-state index is 11.7. The van der Waals surface area contributed by atoms with E-state index in [1.165, 1.54) is 0 Å². The molecule has 2 atom stereocenters. The van der Waals surface area contributed by atoms with Gasteiger partial charge in [-0.15, -0.1) is 0 Å². The molecule has 0 spiro atoms. The molecule has 1 saturated carbocycles. The smallest absolute Gasteiger partial charge is 0.226 e. The summed E-state index contributed by atoms with van der Waals surface area (Å²) in [7, 11) is 0. The van der Waals surface area contributed by atoms with E-state index < -0.39 is 0 Å². The Hall–Kier alpha value is -1.88.